The second kappa shape index (κ2) is 6.80. The van der Waals surface area contributed by atoms with Crippen LogP contribution in [0, 0.1) is 20.8 Å². The van der Waals surface area contributed by atoms with Crippen LogP contribution in [0.3, 0.4) is 0 Å². The number of ether oxygens (including phenoxy) is 1. The van der Waals surface area contributed by atoms with Gasteiger partial charge in [-0.05, 0) is 51.8 Å². The molecule has 6 heteroatoms. The Labute approximate surface area is 151 Å². The molecule has 0 saturated heterocycles. The summed E-state index contributed by atoms with van der Waals surface area (Å²) in [4.78, 5) is 22.4. The Balaban J connectivity index is 2.04. The molecule has 0 unspecified atom stereocenters. The van der Waals surface area contributed by atoms with E-state index in [1.807, 2.05) is 26.8 Å². The molecule has 5 nitrogen and oxygen atoms in total. The molecule has 0 aliphatic rings. The standard InChI is InChI=1S/C19H21N3O2S/c1-10(2)24-19(23)16-13(5)15-17(20-9-21-18(15)25-16)22-14-7-6-11(3)8-12(14)4/h6-10H,1-5H3,(H,20,21,22). The van der Waals surface area contributed by atoms with Gasteiger partial charge in [-0.2, -0.15) is 0 Å². The topological polar surface area (TPSA) is 64.1 Å². The monoisotopic (exact) mass is 355 g/mol. The first-order valence-corrected chi connectivity index (χ1v) is 8.98. The van der Waals surface area contributed by atoms with Crippen molar-refractivity contribution in [3.63, 3.8) is 0 Å². The number of hydrogen-bond acceptors (Lipinski definition) is 6. The molecule has 0 saturated carbocycles. The fourth-order valence-corrected chi connectivity index (χ4v) is 3.74. The molecule has 25 heavy (non-hydrogen) atoms. The summed E-state index contributed by atoms with van der Waals surface area (Å²) in [5, 5.41) is 4.24. The highest BCUT2D eigenvalue weighted by Crippen LogP contribution is 2.35. The molecule has 0 aliphatic carbocycles. The normalized spacial score (nSPS) is 11.1. The Hall–Kier alpha value is -2.47. The zero-order valence-corrected chi connectivity index (χ0v) is 15.8. The summed E-state index contributed by atoms with van der Waals surface area (Å²) in [5.41, 5.74) is 4.18. The summed E-state index contributed by atoms with van der Waals surface area (Å²) in [6.45, 7) is 9.71. The smallest absolute Gasteiger partial charge is 0.348 e. The number of benzene rings is 1. The number of fused-ring (bicyclic) bond motifs is 1. The molecular weight excluding hydrogens is 334 g/mol. The highest BCUT2D eigenvalue weighted by atomic mass is 32.1. The molecule has 0 spiro atoms. The molecule has 130 valence electrons. The van der Waals surface area contributed by atoms with Crippen LogP contribution >= 0.6 is 11.3 Å². The van der Waals surface area contributed by atoms with E-state index in [4.69, 9.17) is 4.74 Å². The number of anilines is 2. The summed E-state index contributed by atoms with van der Waals surface area (Å²) in [6, 6.07) is 6.21. The Morgan fingerprint density at radius 1 is 1.20 bits per heavy atom. The molecule has 2 heterocycles. The van der Waals surface area contributed by atoms with Crippen molar-refractivity contribution in [3.8, 4) is 0 Å². The molecule has 1 aromatic carbocycles. The Morgan fingerprint density at radius 2 is 1.96 bits per heavy atom. The molecule has 0 aliphatic heterocycles. The van der Waals surface area contributed by atoms with E-state index in [0.717, 1.165) is 27.0 Å². The van der Waals surface area contributed by atoms with Crippen molar-refractivity contribution in [1.82, 2.24) is 9.97 Å². The van der Waals surface area contributed by atoms with Gasteiger partial charge in [0, 0.05) is 5.69 Å². The number of nitrogens with zero attached hydrogens (tertiary/aromatic N) is 2. The van der Waals surface area contributed by atoms with Crippen molar-refractivity contribution < 1.29 is 9.53 Å². The van der Waals surface area contributed by atoms with E-state index in [1.165, 1.54) is 23.2 Å². The van der Waals surface area contributed by atoms with Gasteiger partial charge in [0.05, 0.1) is 11.5 Å². The molecule has 3 rings (SSSR count). The van der Waals surface area contributed by atoms with Gasteiger partial charge in [-0.3, -0.25) is 0 Å². The first kappa shape index (κ1) is 17.4. The molecule has 0 amide bonds. The molecule has 0 radical (unpaired) electrons. The maximum atomic E-state index is 12.3. The highest BCUT2D eigenvalue weighted by molar-refractivity contribution is 7.20. The number of aromatic nitrogens is 2. The minimum Gasteiger partial charge on any atom is -0.459 e. The van der Waals surface area contributed by atoms with Gasteiger partial charge in [-0.1, -0.05) is 17.7 Å². The highest BCUT2D eigenvalue weighted by Gasteiger charge is 2.21. The quantitative estimate of drug-likeness (QED) is 0.673. The van der Waals surface area contributed by atoms with E-state index in [0.29, 0.717) is 10.7 Å². The number of esters is 1. The van der Waals surface area contributed by atoms with Crippen LogP contribution < -0.4 is 5.32 Å². The van der Waals surface area contributed by atoms with Crippen LogP contribution in [0.25, 0.3) is 10.2 Å². The molecule has 0 bridgehead atoms. The van der Waals surface area contributed by atoms with Gasteiger partial charge in [0.1, 0.15) is 21.9 Å². The summed E-state index contributed by atoms with van der Waals surface area (Å²) in [7, 11) is 0. The zero-order valence-electron chi connectivity index (χ0n) is 15.0. The fourth-order valence-electron chi connectivity index (χ4n) is 2.71. The lowest BCUT2D eigenvalue weighted by molar-refractivity contribution is 0.0383. The number of hydrogen-bond donors (Lipinski definition) is 1. The Kier molecular flexibility index (Phi) is 4.72. The number of carbonyl (C=O) groups excluding carboxylic acids is 1. The van der Waals surface area contributed by atoms with Crippen LogP contribution in [-0.4, -0.2) is 22.0 Å². The van der Waals surface area contributed by atoms with Crippen molar-refractivity contribution in [2.75, 3.05) is 5.32 Å². The molecule has 1 N–H and O–H groups in total. The van der Waals surface area contributed by atoms with Crippen LogP contribution in [0.5, 0.6) is 0 Å². The molecule has 0 atom stereocenters. The van der Waals surface area contributed by atoms with Crippen molar-refractivity contribution in [3.05, 3.63) is 46.1 Å². The predicted octanol–water partition coefficient (Wildman–Crippen LogP) is 4.93. The van der Waals surface area contributed by atoms with Crippen molar-refractivity contribution in [2.24, 2.45) is 0 Å². The van der Waals surface area contributed by atoms with Crippen LogP contribution in [-0.2, 0) is 4.74 Å². The maximum Gasteiger partial charge on any atom is 0.348 e. The van der Waals surface area contributed by atoms with Crippen molar-refractivity contribution in [2.45, 2.75) is 40.7 Å². The largest absolute Gasteiger partial charge is 0.459 e. The lowest BCUT2D eigenvalue weighted by Gasteiger charge is -2.11. The number of rotatable bonds is 4. The minimum absolute atomic E-state index is 0.156. The number of aryl methyl sites for hydroxylation is 3. The van der Waals surface area contributed by atoms with Gasteiger partial charge >= 0.3 is 5.97 Å². The van der Waals surface area contributed by atoms with Gasteiger partial charge in [-0.25, -0.2) is 14.8 Å². The van der Waals surface area contributed by atoms with E-state index < -0.39 is 0 Å². The lowest BCUT2D eigenvalue weighted by Crippen LogP contribution is -2.11. The van der Waals surface area contributed by atoms with Crippen molar-refractivity contribution in [1.29, 1.82) is 0 Å². The summed E-state index contributed by atoms with van der Waals surface area (Å²) < 4.78 is 5.34. The predicted molar refractivity (Wildman–Crippen MR) is 102 cm³/mol. The van der Waals surface area contributed by atoms with E-state index in [-0.39, 0.29) is 12.1 Å². The molecule has 0 fully saturated rings. The van der Waals surface area contributed by atoms with Crippen molar-refractivity contribution >= 4 is 39.0 Å². The van der Waals surface area contributed by atoms with Crippen LogP contribution in [0.4, 0.5) is 11.5 Å². The summed E-state index contributed by atoms with van der Waals surface area (Å²) in [6.07, 6.45) is 1.36. The third-order valence-corrected chi connectivity index (χ3v) is 5.07. The molecule has 3 aromatic rings. The second-order valence-corrected chi connectivity index (χ2v) is 7.36. The zero-order chi connectivity index (χ0) is 18.1. The van der Waals surface area contributed by atoms with Gasteiger partial charge < -0.3 is 10.1 Å². The fraction of sp³-hybridized carbons (Fsp3) is 0.316. The number of carbonyl (C=O) groups is 1. The average molecular weight is 355 g/mol. The maximum absolute atomic E-state index is 12.3. The minimum atomic E-state index is -0.312. The van der Waals surface area contributed by atoms with Crippen LogP contribution in [0.1, 0.15) is 40.2 Å². The third-order valence-electron chi connectivity index (χ3n) is 3.89. The van der Waals surface area contributed by atoms with Crippen LogP contribution in [0.2, 0.25) is 0 Å². The number of thiophene rings is 1. The number of nitrogens with one attached hydrogen (secondary N) is 1. The summed E-state index contributed by atoms with van der Waals surface area (Å²) >= 11 is 1.34. The van der Waals surface area contributed by atoms with E-state index in [9.17, 15) is 4.79 Å². The van der Waals surface area contributed by atoms with E-state index >= 15 is 0 Å². The van der Waals surface area contributed by atoms with Gasteiger partial charge in [0.15, 0.2) is 0 Å². The first-order chi connectivity index (χ1) is 11.9. The Morgan fingerprint density at radius 3 is 2.64 bits per heavy atom. The van der Waals surface area contributed by atoms with Gasteiger partial charge in [0.25, 0.3) is 0 Å². The molecular formula is C19H21N3O2S. The first-order valence-electron chi connectivity index (χ1n) is 8.16. The third kappa shape index (κ3) is 3.49. The van der Waals surface area contributed by atoms with E-state index in [2.05, 4.69) is 41.3 Å². The second-order valence-electron chi connectivity index (χ2n) is 6.36. The summed E-state index contributed by atoms with van der Waals surface area (Å²) in [5.74, 6) is 0.391. The SMILES string of the molecule is Cc1ccc(Nc2ncnc3sc(C(=O)OC(C)C)c(C)c23)c(C)c1. The lowest BCUT2D eigenvalue weighted by atomic mass is 10.1. The van der Waals surface area contributed by atoms with Gasteiger partial charge in [-0.15, -0.1) is 11.3 Å². The van der Waals surface area contributed by atoms with E-state index in [1.54, 1.807) is 0 Å². The molecule has 2 aromatic heterocycles. The van der Waals surface area contributed by atoms with Crippen LogP contribution in [0.15, 0.2) is 24.5 Å². The Bertz CT molecular complexity index is 947. The van der Waals surface area contributed by atoms with Gasteiger partial charge in [0.2, 0.25) is 0 Å². The average Bonchev–Trinajstić information content (AvgIpc) is 2.88.